The summed E-state index contributed by atoms with van der Waals surface area (Å²) in [5.41, 5.74) is 7.26. The van der Waals surface area contributed by atoms with E-state index in [1.54, 1.807) is 0 Å². The standard InChI is InChI=1S/C15H26N2/c1-4-9-13(3)15(12-16)17(5-2)14-10-7-6-8-11-14/h6-8,10-11,13,15H,4-5,9,12,16H2,1-3H3. The van der Waals surface area contributed by atoms with E-state index < -0.39 is 0 Å². The Morgan fingerprint density at radius 3 is 2.29 bits per heavy atom. The van der Waals surface area contributed by atoms with E-state index in [-0.39, 0.29) is 0 Å². The van der Waals surface area contributed by atoms with E-state index in [0.29, 0.717) is 12.0 Å². The van der Waals surface area contributed by atoms with Crippen molar-refractivity contribution in [3.8, 4) is 0 Å². The fraction of sp³-hybridized carbons (Fsp3) is 0.600. The maximum Gasteiger partial charge on any atom is 0.0437 e. The largest absolute Gasteiger partial charge is 0.367 e. The second-order valence-corrected chi connectivity index (χ2v) is 4.69. The molecule has 2 N–H and O–H groups in total. The van der Waals surface area contributed by atoms with E-state index in [1.807, 2.05) is 0 Å². The SMILES string of the molecule is CCCC(C)C(CN)N(CC)c1ccccc1. The lowest BCUT2D eigenvalue weighted by Gasteiger charge is -2.36. The zero-order valence-corrected chi connectivity index (χ0v) is 11.4. The molecular formula is C15H26N2. The molecule has 0 fully saturated rings. The quantitative estimate of drug-likeness (QED) is 0.784. The Kier molecular flexibility index (Phi) is 6.06. The van der Waals surface area contributed by atoms with Gasteiger partial charge in [0, 0.05) is 24.8 Å². The molecule has 0 aliphatic rings. The van der Waals surface area contributed by atoms with Gasteiger partial charge in [-0.15, -0.1) is 0 Å². The molecule has 0 radical (unpaired) electrons. The molecule has 0 amide bonds. The summed E-state index contributed by atoms with van der Waals surface area (Å²) < 4.78 is 0. The van der Waals surface area contributed by atoms with E-state index in [9.17, 15) is 0 Å². The van der Waals surface area contributed by atoms with Gasteiger partial charge in [0.2, 0.25) is 0 Å². The molecule has 0 aliphatic carbocycles. The van der Waals surface area contributed by atoms with Crippen LogP contribution in [0.15, 0.2) is 30.3 Å². The average Bonchev–Trinajstić information content (AvgIpc) is 2.37. The van der Waals surface area contributed by atoms with E-state index in [2.05, 4.69) is 56.0 Å². The summed E-state index contributed by atoms with van der Waals surface area (Å²) in [7, 11) is 0. The summed E-state index contributed by atoms with van der Waals surface area (Å²) in [5.74, 6) is 0.644. The van der Waals surface area contributed by atoms with E-state index in [0.717, 1.165) is 13.1 Å². The maximum absolute atomic E-state index is 5.98. The summed E-state index contributed by atoms with van der Waals surface area (Å²) in [4.78, 5) is 2.43. The number of rotatable bonds is 7. The first-order valence-electron chi connectivity index (χ1n) is 6.76. The van der Waals surface area contributed by atoms with Crippen molar-refractivity contribution >= 4 is 5.69 Å². The lowest BCUT2D eigenvalue weighted by Crippen LogP contribution is -2.45. The predicted molar refractivity (Wildman–Crippen MR) is 76.4 cm³/mol. The second-order valence-electron chi connectivity index (χ2n) is 4.69. The number of para-hydroxylation sites is 1. The lowest BCUT2D eigenvalue weighted by molar-refractivity contribution is 0.405. The number of nitrogens with zero attached hydrogens (tertiary/aromatic N) is 1. The van der Waals surface area contributed by atoms with Crippen LogP contribution in [0.2, 0.25) is 0 Å². The molecule has 2 heteroatoms. The first kappa shape index (κ1) is 14.0. The van der Waals surface area contributed by atoms with Gasteiger partial charge in [-0.25, -0.2) is 0 Å². The Labute approximate surface area is 106 Å². The van der Waals surface area contributed by atoms with Crippen LogP contribution < -0.4 is 10.6 Å². The van der Waals surface area contributed by atoms with Gasteiger partial charge < -0.3 is 10.6 Å². The summed E-state index contributed by atoms with van der Waals surface area (Å²) in [6.07, 6.45) is 2.47. The van der Waals surface area contributed by atoms with E-state index in [4.69, 9.17) is 5.73 Å². The number of nitrogens with two attached hydrogens (primary N) is 1. The zero-order valence-electron chi connectivity index (χ0n) is 11.4. The van der Waals surface area contributed by atoms with Crippen LogP contribution in [0.25, 0.3) is 0 Å². The molecule has 2 nitrogen and oxygen atoms in total. The molecule has 0 saturated heterocycles. The topological polar surface area (TPSA) is 29.3 Å². The molecule has 0 bridgehead atoms. The van der Waals surface area contributed by atoms with Crippen LogP contribution in [0.5, 0.6) is 0 Å². The van der Waals surface area contributed by atoms with Crippen LogP contribution in [0, 0.1) is 5.92 Å². The van der Waals surface area contributed by atoms with Crippen molar-refractivity contribution in [1.29, 1.82) is 0 Å². The number of likely N-dealkylation sites (N-methyl/N-ethyl adjacent to an activating group) is 1. The third-order valence-electron chi connectivity index (χ3n) is 3.47. The second kappa shape index (κ2) is 7.33. The van der Waals surface area contributed by atoms with Crippen molar-refractivity contribution in [3.63, 3.8) is 0 Å². The van der Waals surface area contributed by atoms with Crippen molar-refractivity contribution in [2.45, 2.75) is 39.7 Å². The van der Waals surface area contributed by atoms with Crippen LogP contribution in [0.3, 0.4) is 0 Å². The van der Waals surface area contributed by atoms with Crippen LogP contribution in [0.1, 0.15) is 33.6 Å². The minimum Gasteiger partial charge on any atom is -0.367 e. The lowest BCUT2D eigenvalue weighted by atomic mass is 9.95. The van der Waals surface area contributed by atoms with Crippen molar-refractivity contribution in [3.05, 3.63) is 30.3 Å². The number of benzene rings is 1. The molecule has 2 atom stereocenters. The molecule has 0 spiro atoms. The number of anilines is 1. The third-order valence-corrected chi connectivity index (χ3v) is 3.47. The van der Waals surface area contributed by atoms with E-state index in [1.165, 1.54) is 18.5 Å². The first-order chi connectivity index (χ1) is 8.24. The maximum atomic E-state index is 5.98. The molecule has 0 heterocycles. The summed E-state index contributed by atoms with van der Waals surface area (Å²) >= 11 is 0. The Bertz CT molecular complexity index is 297. The molecule has 1 aromatic rings. The van der Waals surface area contributed by atoms with Gasteiger partial charge in [-0.2, -0.15) is 0 Å². The minimum atomic E-state index is 0.447. The normalized spacial score (nSPS) is 14.4. The molecule has 17 heavy (non-hydrogen) atoms. The Balaban J connectivity index is 2.83. The molecule has 0 aliphatic heterocycles. The van der Waals surface area contributed by atoms with Crippen molar-refractivity contribution in [1.82, 2.24) is 0 Å². The average molecular weight is 234 g/mol. The van der Waals surface area contributed by atoms with Crippen molar-refractivity contribution < 1.29 is 0 Å². The van der Waals surface area contributed by atoms with Gasteiger partial charge in [0.05, 0.1) is 0 Å². The van der Waals surface area contributed by atoms with Gasteiger partial charge in [-0.1, -0.05) is 38.5 Å². The first-order valence-corrected chi connectivity index (χ1v) is 6.76. The van der Waals surface area contributed by atoms with Crippen LogP contribution >= 0.6 is 0 Å². The summed E-state index contributed by atoms with van der Waals surface area (Å²) in [5, 5.41) is 0. The number of hydrogen-bond donors (Lipinski definition) is 1. The predicted octanol–water partition coefficient (Wildman–Crippen LogP) is 3.28. The Morgan fingerprint density at radius 2 is 1.82 bits per heavy atom. The van der Waals surface area contributed by atoms with Crippen LogP contribution in [0.4, 0.5) is 5.69 Å². The summed E-state index contributed by atoms with van der Waals surface area (Å²) in [6, 6.07) is 11.0. The highest BCUT2D eigenvalue weighted by Gasteiger charge is 2.21. The molecule has 2 unspecified atom stereocenters. The van der Waals surface area contributed by atoms with Gasteiger partial charge in [-0.05, 0) is 31.4 Å². The zero-order chi connectivity index (χ0) is 12.7. The summed E-state index contributed by atoms with van der Waals surface area (Å²) in [6.45, 7) is 8.49. The van der Waals surface area contributed by atoms with Gasteiger partial charge in [0.25, 0.3) is 0 Å². The molecular weight excluding hydrogens is 208 g/mol. The Morgan fingerprint density at radius 1 is 1.18 bits per heavy atom. The molecule has 96 valence electrons. The van der Waals surface area contributed by atoms with Gasteiger partial charge in [0.1, 0.15) is 0 Å². The highest BCUT2D eigenvalue weighted by Crippen LogP contribution is 2.22. The fourth-order valence-corrected chi connectivity index (χ4v) is 2.54. The minimum absolute atomic E-state index is 0.447. The van der Waals surface area contributed by atoms with Crippen molar-refractivity contribution in [2.75, 3.05) is 18.0 Å². The van der Waals surface area contributed by atoms with Crippen LogP contribution in [-0.4, -0.2) is 19.1 Å². The molecule has 0 saturated carbocycles. The molecule has 1 rings (SSSR count). The smallest absolute Gasteiger partial charge is 0.0437 e. The van der Waals surface area contributed by atoms with Gasteiger partial charge in [-0.3, -0.25) is 0 Å². The third kappa shape index (κ3) is 3.74. The highest BCUT2D eigenvalue weighted by molar-refractivity contribution is 5.47. The van der Waals surface area contributed by atoms with Gasteiger partial charge in [0.15, 0.2) is 0 Å². The number of hydrogen-bond acceptors (Lipinski definition) is 2. The molecule has 0 aromatic heterocycles. The van der Waals surface area contributed by atoms with Crippen LogP contribution in [-0.2, 0) is 0 Å². The Hall–Kier alpha value is -1.02. The van der Waals surface area contributed by atoms with Gasteiger partial charge >= 0.3 is 0 Å². The highest BCUT2D eigenvalue weighted by atomic mass is 15.2. The fourth-order valence-electron chi connectivity index (χ4n) is 2.54. The molecule has 1 aromatic carbocycles. The van der Waals surface area contributed by atoms with Crippen molar-refractivity contribution in [2.24, 2.45) is 11.7 Å². The monoisotopic (exact) mass is 234 g/mol. The van der Waals surface area contributed by atoms with E-state index >= 15 is 0 Å².